The summed E-state index contributed by atoms with van der Waals surface area (Å²) in [7, 11) is 0. The van der Waals surface area contributed by atoms with Crippen LogP contribution in [0.3, 0.4) is 0 Å². The zero-order valence-electron chi connectivity index (χ0n) is 20.1. The molecule has 1 N–H and O–H groups in total. The molecule has 190 valence electrons. The van der Waals surface area contributed by atoms with Crippen LogP contribution in [0.1, 0.15) is 30.9 Å². The van der Waals surface area contributed by atoms with Gasteiger partial charge in [-0.1, -0.05) is 18.2 Å². The molecule has 0 saturated carbocycles. The van der Waals surface area contributed by atoms with Crippen molar-refractivity contribution >= 4 is 11.7 Å². The van der Waals surface area contributed by atoms with Crippen molar-refractivity contribution in [3.8, 4) is 0 Å². The van der Waals surface area contributed by atoms with Crippen LogP contribution >= 0.6 is 0 Å². The summed E-state index contributed by atoms with van der Waals surface area (Å²) in [6, 6.07) is 11.8. The van der Waals surface area contributed by atoms with Gasteiger partial charge in [-0.2, -0.15) is 13.2 Å². The molecule has 2 aliphatic heterocycles. The number of hydrogen-bond acceptors (Lipinski definition) is 3. The summed E-state index contributed by atoms with van der Waals surface area (Å²) in [4.78, 5) is 19.0. The molecule has 2 aromatic carbocycles. The summed E-state index contributed by atoms with van der Waals surface area (Å²) in [5, 5.41) is 2.90. The summed E-state index contributed by atoms with van der Waals surface area (Å²) in [5.74, 6) is -0.417. The molecule has 2 heterocycles. The fraction of sp³-hybridized carbons (Fsp3) is 0.500. The lowest BCUT2D eigenvalue weighted by Gasteiger charge is -2.38. The van der Waals surface area contributed by atoms with Gasteiger partial charge in [-0.3, -0.25) is 4.90 Å². The number of hydrogen-bond donors (Lipinski definition) is 1. The first-order valence-corrected chi connectivity index (χ1v) is 12.1. The van der Waals surface area contributed by atoms with Crippen LogP contribution in [0, 0.1) is 11.7 Å². The number of carbonyl (C=O) groups excluding carboxylic acids is 1. The zero-order chi connectivity index (χ0) is 25.2. The van der Waals surface area contributed by atoms with E-state index in [0.717, 1.165) is 37.9 Å². The van der Waals surface area contributed by atoms with E-state index in [1.807, 2.05) is 13.8 Å². The summed E-state index contributed by atoms with van der Waals surface area (Å²) in [6.45, 7) is 8.51. The maximum atomic E-state index is 13.4. The molecule has 2 fully saturated rings. The van der Waals surface area contributed by atoms with E-state index in [-0.39, 0.29) is 29.7 Å². The minimum absolute atomic E-state index is 0.0203. The number of nitrogens with zero attached hydrogens (tertiary/aromatic N) is 3. The van der Waals surface area contributed by atoms with E-state index >= 15 is 0 Å². The van der Waals surface area contributed by atoms with E-state index in [2.05, 4.69) is 15.1 Å². The average molecular weight is 493 g/mol. The number of urea groups is 1. The molecule has 0 spiro atoms. The Morgan fingerprint density at radius 2 is 1.71 bits per heavy atom. The van der Waals surface area contributed by atoms with Crippen LogP contribution in [-0.2, 0) is 6.18 Å². The summed E-state index contributed by atoms with van der Waals surface area (Å²) in [6.07, 6.45) is -4.41. The summed E-state index contributed by atoms with van der Waals surface area (Å²) in [5.41, 5.74) is 0.937. The second-order valence-electron chi connectivity index (χ2n) is 9.76. The standard InChI is InChI=1S/C26H32F4N4O/c1-18(2)31-25(35)34-16-20(24(17-34)19-4-3-5-21(14-19)26(28,29)30)15-32-10-12-33(13-11-32)23-8-6-22(27)7-9-23/h3-9,14,18,20,24H,10-13,15-17H2,1-2H3,(H,31,35). The molecule has 35 heavy (non-hydrogen) atoms. The average Bonchev–Trinajstić information content (AvgIpc) is 3.23. The molecule has 9 heteroatoms. The molecule has 0 aromatic heterocycles. The number of nitrogens with one attached hydrogen (secondary N) is 1. The van der Waals surface area contributed by atoms with Gasteiger partial charge in [0, 0.05) is 63.5 Å². The topological polar surface area (TPSA) is 38.8 Å². The van der Waals surface area contributed by atoms with Crippen LogP contribution in [0.5, 0.6) is 0 Å². The van der Waals surface area contributed by atoms with Crippen LogP contribution < -0.4 is 10.2 Å². The maximum absolute atomic E-state index is 13.4. The molecule has 0 aliphatic carbocycles. The number of carbonyl (C=O) groups is 1. The van der Waals surface area contributed by atoms with Crippen molar-refractivity contribution < 1.29 is 22.4 Å². The van der Waals surface area contributed by atoms with Gasteiger partial charge in [-0.05, 0) is 55.7 Å². The monoisotopic (exact) mass is 492 g/mol. The van der Waals surface area contributed by atoms with Crippen LogP contribution in [0.4, 0.5) is 28.0 Å². The minimum atomic E-state index is -4.41. The molecule has 0 bridgehead atoms. The molecule has 2 aliphatic rings. The second-order valence-corrected chi connectivity index (χ2v) is 9.76. The summed E-state index contributed by atoms with van der Waals surface area (Å²) < 4.78 is 53.3. The van der Waals surface area contributed by atoms with Crippen molar-refractivity contribution in [2.45, 2.75) is 32.0 Å². The van der Waals surface area contributed by atoms with E-state index in [0.29, 0.717) is 25.2 Å². The molecule has 2 saturated heterocycles. The smallest absolute Gasteiger partial charge is 0.369 e. The Bertz CT molecular complexity index is 1000. The van der Waals surface area contributed by atoms with Crippen LogP contribution in [-0.4, -0.2) is 67.7 Å². The van der Waals surface area contributed by atoms with E-state index < -0.39 is 11.7 Å². The third-order valence-electron chi connectivity index (χ3n) is 6.84. The fourth-order valence-corrected chi connectivity index (χ4v) is 5.06. The highest BCUT2D eigenvalue weighted by molar-refractivity contribution is 5.75. The van der Waals surface area contributed by atoms with Crippen molar-refractivity contribution in [1.29, 1.82) is 0 Å². The van der Waals surface area contributed by atoms with Crippen LogP contribution in [0.2, 0.25) is 0 Å². The van der Waals surface area contributed by atoms with E-state index in [1.54, 1.807) is 23.1 Å². The first-order valence-electron chi connectivity index (χ1n) is 12.1. The number of piperazine rings is 1. The largest absolute Gasteiger partial charge is 0.416 e. The lowest BCUT2D eigenvalue weighted by atomic mass is 9.87. The molecular formula is C26H32F4N4O. The van der Waals surface area contributed by atoms with E-state index in [1.165, 1.54) is 24.3 Å². The molecule has 5 nitrogen and oxygen atoms in total. The Morgan fingerprint density at radius 3 is 2.34 bits per heavy atom. The third-order valence-corrected chi connectivity index (χ3v) is 6.84. The quantitative estimate of drug-likeness (QED) is 0.610. The van der Waals surface area contributed by atoms with E-state index in [4.69, 9.17) is 0 Å². The van der Waals surface area contributed by atoms with Gasteiger partial charge < -0.3 is 15.1 Å². The maximum Gasteiger partial charge on any atom is 0.416 e. The van der Waals surface area contributed by atoms with Crippen molar-refractivity contribution in [3.05, 3.63) is 65.5 Å². The molecule has 0 radical (unpaired) electrons. The van der Waals surface area contributed by atoms with Gasteiger partial charge >= 0.3 is 12.2 Å². The van der Waals surface area contributed by atoms with Gasteiger partial charge in [0.25, 0.3) is 0 Å². The van der Waals surface area contributed by atoms with Gasteiger partial charge in [0.1, 0.15) is 5.82 Å². The highest BCUT2D eigenvalue weighted by Crippen LogP contribution is 2.37. The van der Waals surface area contributed by atoms with Gasteiger partial charge in [-0.15, -0.1) is 0 Å². The highest BCUT2D eigenvalue weighted by Gasteiger charge is 2.39. The van der Waals surface area contributed by atoms with Gasteiger partial charge in [0.2, 0.25) is 0 Å². The first kappa shape index (κ1) is 25.3. The number of alkyl halides is 3. The molecule has 4 rings (SSSR count). The number of benzene rings is 2. The SMILES string of the molecule is CC(C)NC(=O)N1CC(CN2CCN(c3ccc(F)cc3)CC2)C(c2cccc(C(F)(F)F)c2)C1. The molecular weight excluding hydrogens is 460 g/mol. The Kier molecular flexibility index (Phi) is 7.54. The number of rotatable bonds is 5. The lowest BCUT2D eigenvalue weighted by molar-refractivity contribution is -0.137. The molecule has 2 aromatic rings. The molecule has 2 unspecified atom stereocenters. The number of likely N-dealkylation sites (tertiary alicyclic amines) is 1. The molecule has 2 atom stereocenters. The second kappa shape index (κ2) is 10.4. The Balaban J connectivity index is 1.46. The van der Waals surface area contributed by atoms with E-state index in [9.17, 15) is 22.4 Å². The number of anilines is 1. The van der Waals surface area contributed by atoms with Crippen molar-refractivity contribution in [1.82, 2.24) is 15.1 Å². The number of halogens is 4. The van der Waals surface area contributed by atoms with Crippen LogP contribution in [0.25, 0.3) is 0 Å². The van der Waals surface area contributed by atoms with Crippen LogP contribution in [0.15, 0.2) is 48.5 Å². The van der Waals surface area contributed by atoms with Gasteiger partial charge in [-0.25, -0.2) is 9.18 Å². The molecule has 2 amide bonds. The van der Waals surface area contributed by atoms with Crippen molar-refractivity contribution in [2.75, 3.05) is 50.7 Å². The Hall–Kier alpha value is -2.81. The lowest BCUT2D eigenvalue weighted by Crippen LogP contribution is -2.48. The van der Waals surface area contributed by atoms with Gasteiger partial charge in [0.05, 0.1) is 5.56 Å². The zero-order valence-corrected chi connectivity index (χ0v) is 20.1. The summed E-state index contributed by atoms with van der Waals surface area (Å²) >= 11 is 0. The number of amides is 2. The third kappa shape index (κ3) is 6.25. The predicted molar refractivity (Wildman–Crippen MR) is 128 cm³/mol. The highest BCUT2D eigenvalue weighted by atomic mass is 19.4. The normalized spacial score (nSPS) is 21.6. The minimum Gasteiger partial charge on any atom is -0.369 e. The predicted octanol–water partition coefficient (Wildman–Crippen LogP) is 4.80. The van der Waals surface area contributed by atoms with Crippen molar-refractivity contribution in [2.24, 2.45) is 5.92 Å². The fourth-order valence-electron chi connectivity index (χ4n) is 5.06. The Labute approximate surface area is 203 Å². The van der Waals surface area contributed by atoms with Gasteiger partial charge in [0.15, 0.2) is 0 Å². The first-order chi connectivity index (χ1) is 16.6. The Morgan fingerprint density at radius 1 is 1.03 bits per heavy atom. The van der Waals surface area contributed by atoms with Crippen molar-refractivity contribution in [3.63, 3.8) is 0 Å².